The second-order valence-corrected chi connectivity index (χ2v) is 5.64. The molecule has 8 nitrogen and oxygen atoms in total. The van der Waals surface area contributed by atoms with E-state index < -0.39 is 0 Å². The van der Waals surface area contributed by atoms with Gasteiger partial charge in [0.15, 0.2) is 5.65 Å². The number of hydrogen-bond donors (Lipinski definition) is 1. The molecule has 1 amide bonds. The van der Waals surface area contributed by atoms with Gasteiger partial charge in [-0.25, -0.2) is 14.5 Å². The van der Waals surface area contributed by atoms with Gasteiger partial charge < -0.3 is 15.0 Å². The highest BCUT2D eigenvalue weighted by molar-refractivity contribution is 6.31. The lowest BCUT2D eigenvalue weighted by molar-refractivity contribution is 0.0302. The summed E-state index contributed by atoms with van der Waals surface area (Å²) in [5, 5.41) is 7.30. The Bertz CT molecular complexity index is 905. The number of morpholine rings is 1. The van der Waals surface area contributed by atoms with E-state index in [1.54, 1.807) is 46.2 Å². The van der Waals surface area contributed by atoms with E-state index >= 15 is 0 Å². The number of carbonyl (C=O) groups is 1. The molecule has 3 aromatic rings. The van der Waals surface area contributed by atoms with Crippen molar-refractivity contribution in [2.45, 2.75) is 0 Å². The van der Waals surface area contributed by atoms with Crippen molar-refractivity contribution in [3.8, 4) is 0 Å². The van der Waals surface area contributed by atoms with Crippen LogP contribution < -0.4 is 10.9 Å². The first-order valence-corrected chi connectivity index (χ1v) is 7.91. The van der Waals surface area contributed by atoms with Gasteiger partial charge in [0.25, 0.3) is 5.91 Å². The number of nitrogens with one attached hydrogen (secondary N) is 1. The summed E-state index contributed by atoms with van der Waals surface area (Å²) in [6.07, 6.45) is 4.92. The molecular formula is C16H15BN6O2. The number of nitrogens with zero attached hydrogens (tertiary/aromatic N) is 5. The molecule has 4 rings (SSSR count). The maximum absolute atomic E-state index is 12.4. The summed E-state index contributed by atoms with van der Waals surface area (Å²) in [6, 6.07) is 5.20. The first-order valence-electron chi connectivity index (χ1n) is 7.91. The standard InChI is InChI=1S/C16H15BN6O2/c17-13-9-12(15-18-3-4-23(15)21-13)20-14-2-1-11(10-19-14)16(24)22-5-7-25-8-6-22/h1-4,9-10H,5-8H2,(H,19,20). The molecule has 4 heterocycles. The number of amides is 1. The molecular weight excluding hydrogens is 319 g/mol. The third-order valence-corrected chi connectivity index (χ3v) is 3.95. The van der Waals surface area contributed by atoms with Crippen molar-refractivity contribution in [2.75, 3.05) is 31.6 Å². The molecule has 0 aliphatic carbocycles. The number of rotatable bonds is 3. The maximum atomic E-state index is 12.4. The summed E-state index contributed by atoms with van der Waals surface area (Å²) in [4.78, 5) is 22.8. The number of fused-ring (bicyclic) bond motifs is 1. The van der Waals surface area contributed by atoms with Crippen LogP contribution in [0.5, 0.6) is 0 Å². The summed E-state index contributed by atoms with van der Waals surface area (Å²) in [6.45, 7) is 2.35. The molecule has 1 aliphatic rings. The Hall–Kier alpha value is -2.94. The zero-order valence-corrected chi connectivity index (χ0v) is 13.4. The number of carbonyl (C=O) groups excluding carboxylic acids is 1. The summed E-state index contributed by atoms with van der Waals surface area (Å²) in [5.74, 6) is 0.556. The highest BCUT2D eigenvalue weighted by Crippen LogP contribution is 2.18. The van der Waals surface area contributed by atoms with Crippen LogP contribution in [0.25, 0.3) is 5.65 Å². The number of aromatic nitrogens is 4. The molecule has 0 bridgehead atoms. The number of pyridine rings is 1. The fraction of sp³-hybridized carbons (Fsp3) is 0.250. The lowest BCUT2D eigenvalue weighted by Crippen LogP contribution is -2.40. The van der Waals surface area contributed by atoms with Crippen LogP contribution in [0.1, 0.15) is 10.4 Å². The van der Waals surface area contributed by atoms with Gasteiger partial charge in [0.05, 0.1) is 24.5 Å². The van der Waals surface area contributed by atoms with Gasteiger partial charge >= 0.3 is 0 Å². The van der Waals surface area contributed by atoms with E-state index in [1.165, 1.54) is 0 Å². The molecule has 2 radical (unpaired) electrons. The van der Waals surface area contributed by atoms with Crippen molar-refractivity contribution >= 4 is 36.5 Å². The molecule has 1 aliphatic heterocycles. The Labute approximate surface area is 145 Å². The predicted molar refractivity (Wildman–Crippen MR) is 92.6 cm³/mol. The SMILES string of the molecule is [B]c1cc(Nc2ccc(C(=O)N3CCOCC3)cn2)c2nccn2n1. The summed E-state index contributed by atoms with van der Waals surface area (Å²) < 4.78 is 6.86. The van der Waals surface area contributed by atoms with Gasteiger partial charge in [-0.15, -0.1) is 0 Å². The van der Waals surface area contributed by atoms with E-state index in [4.69, 9.17) is 12.6 Å². The molecule has 9 heteroatoms. The van der Waals surface area contributed by atoms with Crippen molar-refractivity contribution in [1.82, 2.24) is 24.5 Å². The smallest absolute Gasteiger partial charge is 0.255 e. The van der Waals surface area contributed by atoms with E-state index in [9.17, 15) is 4.79 Å². The normalized spacial score (nSPS) is 14.6. The van der Waals surface area contributed by atoms with Gasteiger partial charge in [-0.05, 0) is 18.2 Å². The average Bonchev–Trinajstić information content (AvgIpc) is 3.11. The van der Waals surface area contributed by atoms with Crippen molar-refractivity contribution in [2.24, 2.45) is 0 Å². The monoisotopic (exact) mass is 334 g/mol. The summed E-state index contributed by atoms with van der Waals surface area (Å²) >= 11 is 0. The van der Waals surface area contributed by atoms with Crippen molar-refractivity contribution in [1.29, 1.82) is 0 Å². The molecule has 25 heavy (non-hydrogen) atoms. The third-order valence-electron chi connectivity index (χ3n) is 3.95. The number of ether oxygens (including phenoxy) is 1. The second-order valence-electron chi connectivity index (χ2n) is 5.64. The molecule has 0 unspecified atom stereocenters. The molecule has 0 saturated carbocycles. The van der Waals surface area contributed by atoms with E-state index in [1.807, 2.05) is 0 Å². The van der Waals surface area contributed by atoms with Crippen LogP contribution in [-0.4, -0.2) is 64.5 Å². The Morgan fingerprint density at radius 2 is 2.08 bits per heavy atom. The van der Waals surface area contributed by atoms with Gasteiger partial charge in [0.1, 0.15) is 13.7 Å². The molecule has 1 fully saturated rings. The largest absolute Gasteiger partial charge is 0.378 e. The number of anilines is 2. The molecule has 0 spiro atoms. The van der Waals surface area contributed by atoms with Gasteiger partial charge in [0, 0.05) is 37.3 Å². The predicted octanol–water partition coefficient (Wildman–Crippen LogP) is 0.134. The van der Waals surface area contributed by atoms with E-state index in [2.05, 4.69) is 20.4 Å². The lowest BCUT2D eigenvalue weighted by Gasteiger charge is -2.26. The zero-order valence-electron chi connectivity index (χ0n) is 13.4. The molecule has 1 N–H and O–H groups in total. The van der Waals surface area contributed by atoms with Gasteiger partial charge in [-0.3, -0.25) is 4.79 Å². The summed E-state index contributed by atoms with van der Waals surface area (Å²) in [7, 11) is 5.80. The van der Waals surface area contributed by atoms with Gasteiger partial charge in [-0.1, -0.05) is 0 Å². The number of imidazole rings is 1. The highest BCUT2D eigenvalue weighted by atomic mass is 16.5. The third kappa shape index (κ3) is 3.18. The van der Waals surface area contributed by atoms with Gasteiger partial charge in [-0.2, -0.15) is 5.10 Å². The van der Waals surface area contributed by atoms with Crippen LogP contribution in [0.15, 0.2) is 36.8 Å². The minimum atomic E-state index is -0.0360. The highest BCUT2D eigenvalue weighted by Gasteiger charge is 2.18. The first-order chi connectivity index (χ1) is 12.2. The quantitative estimate of drug-likeness (QED) is 0.686. The number of hydrogen-bond acceptors (Lipinski definition) is 6. The Balaban J connectivity index is 1.54. The van der Waals surface area contributed by atoms with Crippen LogP contribution in [0.4, 0.5) is 11.5 Å². The van der Waals surface area contributed by atoms with E-state index in [0.717, 1.165) is 0 Å². The molecule has 3 aromatic heterocycles. The van der Waals surface area contributed by atoms with Crippen molar-refractivity contribution in [3.05, 3.63) is 42.4 Å². The topological polar surface area (TPSA) is 84.7 Å². The van der Waals surface area contributed by atoms with Crippen LogP contribution in [0, 0.1) is 0 Å². The lowest BCUT2D eigenvalue weighted by atomic mass is 10.0. The van der Waals surface area contributed by atoms with Crippen LogP contribution in [-0.2, 0) is 4.74 Å². The Morgan fingerprint density at radius 1 is 1.24 bits per heavy atom. The summed E-state index contributed by atoms with van der Waals surface area (Å²) in [5.41, 5.74) is 2.25. The second kappa shape index (κ2) is 6.52. The zero-order chi connectivity index (χ0) is 17.2. The Morgan fingerprint density at radius 3 is 2.84 bits per heavy atom. The first kappa shape index (κ1) is 15.6. The van der Waals surface area contributed by atoms with Crippen molar-refractivity contribution in [3.63, 3.8) is 0 Å². The van der Waals surface area contributed by atoms with Crippen molar-refractivity contribution < 1.29 is 9.53 Å². The molecule has 0 atom stereocenters. The fourth-order valence-corrected chi connectivity index (χ4v) is 2.71. The van der Waals surface area contributed by atoms with Gasteiger partial charge in [0.2, 0.25) is 0 Å². The minimum absolute atomic E-state index is 0.0360. The van der Waals surface area contributed by atoms with E-state index in [0.29, 0.717) is 54.6 Å². The fourth-order valence-electron chi connectivity index (χ4n) is 2.71. The molecule has 0 aromatic carbocycles. The molecule has 1 saturated heterocycles. The van der Waals surface area contributed by atoms with Crippen LogP contribution in [0.3, 0.4) is 0 Å². The average molecular weight is 334 g/mol. The Kier molecular flexibility index (Phi) is 4.06. The minimum Gasteiger partial charge on any atom is -0.378 e. The van der Waals surface area contributed by atoms with Crippen LogP contribution >= 0.6 is 0 Å². The van der Waals surface area contributed by atoms with E-state index in [-0.39, 0.29) is 5.91 Å². The maximum Gasteiger partial charge on any atom is 0.255 e. The molecule has 124 valence electrons. The van der Waals surface area contributed by atoms with Crippen LogP contribution in [0.2, 0.25) is 0 Å².